The average molecular weight is 375 g/mol. The second-order valence-corrected chi connectivity index (χ2v) is 6.26. The molecule has 2 aromatic rings. The van der Waals surface area contributed by atoms with Gasteiger partial charge in [0.25, 0.3) is 5.91 Å². The predicted molar refractivity (Wildman–Crippen MR) is 95.5 cm³/mol. The van der Waals surface area contributed by atoms with Gasteiger partial charge in [0.2, 0.25) is 5.91 Å². The van der Waals surface area contributed by atoms with E-state index in [9.17, 15) is 14.0 Å². The summed E-state index contributed by atoms with van der Waals surface area (Å²) in [5.74, 6) is 0.613. The van der Waals surface area contributed by atoms with E-state index < -0.39 is 0 Å². The SMILES string of the molecule is O=C(CN1CCN(C(=O)COc2ccc(F)cc2)CC1)NCc1ccco1. The number of ether oxygens (including phenoxy) is 1. The average Bonchev–Trinajstić information content (AvgIpc) is 3.20. The van der Waals surface area contributed by atoms with Crippen LogP contribution < -0.4 is 10.1 Å². The number of benzene rings is 1. The molecular weight excluding hydrogens is 353 g/mol. The minimum absolute atomic E-state index is 0.0779. The maximum Gasteiger partial charge on any atom is 0.260 e. The molecule has 0 unspecified atom stereocenters. The van der Waals surface area contributed by atoms with Crippen molar-refractivity contribution < 1.29 is 23.1 Å². The van der Waals surface area contributed by atoms with Gasteiger partial charge in [0.1, 0.15) is 17.3 Å². The summed E-state index contributed by atoms with van der Waals surface area (Å²) < 4.78 is 23.4. The lowest BCUT2D eigenvalue weighted by molar-refractivity contribution is -0.135. The van der Waals surface area contributed by atoms with Crippen LogP contribution in [0.5, 0.6) is 5.75 Å². The molecule has 1 saturated heterocycles. The van der Waals surface area contributed by atoms with Crippen LogP contribution in [0.25, 0.3) is 0 Å². The molecule has 27 heavy (non-hydrogen) atoms. The fourth-order valence-corrected chi connectivity index (χ4v) is 2.78. The van der Waals surface area contributed by atoms with Gasteiger partial charge in [0, 0.05) is 26.2 Å². The fraction of sp³-hybridized carbons (Fsp3) is 0.368. The summed E-state index contributed by atoms with van der Waals surface area (Å²) >= 11 is 0. The third kappa shape index (κ3) is 5.82. The first kappa shape index (κ1) is 18.9. The summed E-state index contributed by atoms with van der Waals surface area (Å²) in [6.45, 7) is 2.89. The summed E-state index contributed by atoms with van der Waals surface area (Å²) in [6, 6.07) is 9.13. The Morgan fingerprint density at radius 3 is 2.52 bits per heavy atom. The van der Waals surface area contributed by atoms with E-state index in [-0.39, 0.29) is 30.8 Å². The van der Waals surface area contributed by atoms with Crippen LogP contribution in [0.3, 0.4) is 0 Å². The van der Waals surface area contributed by atoms with E-state index in [0.717, 1.165) is 0 Å². The molecule has 0 atom stereocenters. The van der Waals surface area contributed by atoms with Crippen LogP contribution in [-0.4, -0.2) is 60.9 Å². The third-order valence-electron chi connectivity index (χ3n) is 4.31. The maximum atomic E-state index is 12.9. The highest BCUT2D eigenvalue weighted by atomic mass is 19.1. The molecule has 1 aliphatic heterocycles. The minimum Gasteiger partial charge on any atom is -0.484 e. The maximum absolute atomic E-state index is 12.9. The summed E-state index contributed by atoms with van der Waals surface area (Å²) in [4.78, 5) is 27.9. The van der Waals surface area contributed by atoms with E-state index in [0.29, 0.717) is 44.2 Å². The first-order valence-corrected chi connectivity index (χ1v) is 8.78. The van der Waals surface area contributed by atoms with Crippen molar-refractivity contribution in [2.45, 2.75) is 6.54 Å². The van der Waals surface area contributed by atoms with Crippen LogP contribution in [0.15, 0.2) is 47.1 Å². The normalized spacial score (nSPS) is 14.8. The molecule has 7 nitrogen and oxygen atoms in total. The van der Waals surface area contributed by atoms with Gasteiger partial charge < -0.3 is 19.4 Å². The Balaban J connectivity index is 1.34. The molecule has 1 aromatic heterocycles. The van der Waals surface area contributed by atoms with Crippen LogP contribution in [0, 0.1) is 5.82 Å². The van der Waals surface area contributed by atoms with Crippen LogP contribution in [0.1, 0.15) is 5.76 Å². The first-order chi connectivity index (χ1) is 13.1. The van der Waals surface area contributed by atoms with Gasteiger partial charge in [-0.15, -0.1) is 0 Å². The highest BCUT2D eigenvalue weighted by Gasteiger charge is 2.22. The zero-order valence-corrected chi connectivity index (χ0v) is 14.9. The molecular formula is C19H22FN3O4. The van der Waals surface area contributed by atoms with Crippen molar-refractivity contribution in [3.05, 3.63) is 54.2 Å². The quantitative estimate of drug-likeness (QED) is 0.789. The van der Waals surface area contributed by atoms with E-state index in [1.54, 1.807) is 23.3 Å². The number of carbonyl (C=O) groups is 2. The van der Waals surface area contributed by atoms with Crippen LogP contribution >= 0.6 is 0 Å². The van der Waals surface area contributed by atoms with Crippen molar-refractivity contribution in [2.75, 3.05) is 39.3 Å². The van der Waals surface area contributed by atoms with Crippen LogP contribution in [0.4, 0.5) is 4.39 Å². The molecule has 0 spiro atoms. The largest absolute Gasteiger partial charge is 0.484 e. The highest BCUT2D eigenvalue weighted by molar-refractivity contribution is 5.79. The molecule has 144 valence electrons. The number of nitrogens with one attached hydrogen (secondary N) is 1. The number of hydrogen-bond acceptors (Lipinski definition) is 5. The van der Waals surface area contributed by atoms with E-state index in [1.165, 1.54) is 24.3 Å². The van der Waals surface area contributed by atoms with Crippen molar-refractivity contribution in [1.29, 1.82) is 0 Å². The second kappa shape index (κ2) is 9.18. The van der Waals surface area contributed by atoms with Crippen molar-refractivity contribution >= 4 is 11.8 Å². The number of carbonyl (C=O) groups excluding carboxylic acids is 2. The van der Waals surface area contributed by atoms with Gasteiger partial charge in [-0.3, -0.25) is 14.5 Å². The monoisotopic (exact) mass is 375 g/mol. The number of nitrogens with zero attached hydrogens (tertiary/aromatic N) is 2. The third-order valence-corrected chi connectivity index (χ3v) is 4.31. The minimum atomic E-state index is -0.349. The Hall–Kier alpha value is -2.87. The van der Waals surface area contributed by atoms with Gasteiger partial charge in [0.15, 0.2) is 6.61 Å². The van der Waals surface area contributed by atoms with Gasteiger partial charge in [-0.25, -0.2) is 4.39 Å². The topological polar surface area (TPSA) is 75.0 Å². The van der Waals surface area contributed by atoms with Gasteiger partial charge in [0.05, 0.1) is 19.4 Å². The summed E-state index contributed by atoms with van der Waals surface area (Å²) in [5.41, 5.74) is 0. The standard InChI is InChI=1S/C19H22FN3O4/c20-15-3-5-16(6-4-15)27-14-19(25)23-9-7-22(8-10-23)13-18(24)21-12-17-2-1-11-26-17/h1-6,11H,7-10,12-14H2,(H,21,24). The van der Waals surface area contributed by atoms with Crippen molar-refractivity contribution in [3.8, 4) is 5.75 Å². The molecule has 2 heterocycles. The Morgan fingerprint density at radius 2 is 1.85 bits per heavy atom. The number of hydrogen-bond donors (Lipinski definition) is 1. The zero-order valence-electron chi connectivity index (χ0n) is 14.9. The summed E-state index contributed by atoms with van der Waals surface area (Å²) in [7, 11) is 0. The van der Waals surface area contributed by atoms with E-state index in [4.69, 9.17) is 9.15 Å². The molecule has 2 amide bonds. The second-order valence-electron chi connectivity index (χ2n) is 6.26. The number of furan rings is 1. The van der Waals surface area contributed by atoms with Crippen molar-refractivity contribution in [3.63, 3.8) is 0 Å². The highest BCUT2D eigenvalue weighted by Crippen LogP contribution is 2.11. The number of rotatable bonds is 7. The predicted octanol–water partition coefficient (Wildman–Crippen LogP) is 1.26. The number of piperazine rings is 1. The molecule has 3 rings (SSSR count). The molecule has 1 fully saturated rings. The van der Waals surface area contributed by atoms with Gasteiger partial charge in [-0.2, -0.15) is 0 Å². The first-order valence-electron chi connectivity index (χ1n) is 8.78. The van der Waals surface area contributed by atoms with E-state index >= 15 is 0 Å². The van der Waals surface area contributed by atoms with Crippen LogP contribution in [-0.2, 0) is 16.1 Å². The molecule has 1 aromatic carbocycles. The fourth-order valence-electron chi connectivity index (χ4n) is 2.78. The smallest absolute Gasteiger partial charge is 0.260 e. The Bertz CT molecular complexity index is 741. The van der Waals surface area contributed by atoms with Crippen molar-refractivity contribution in [2.24, 2.45) is 0 Å². The molecule has 8 heteroatoms. The van der Waals surface area contributed by atoms with Crippen molar-refractivity contribution in [1.82, 2.24) is 15.1 Å². The van der Waals surface area contributed by atoms with Gasteiger partial charge >= 0.3 is 0 Å². The summed E-state index contributed by atoms with van der Waals surface area (Å²) in [5, 5.41) is 2.81. The summed E-state index contributed by atoms with van der Waals surface area (Å²) in [6.07, 6.45) is 1.57. The van der Waals surface area contributed by atoms with E-state index in [2.05, 4.69) is 5.32 Å². The lowest BCUT2D eigenvalue weighted by atomic mass is 10.3. The van der Waals surface area contributed by atoms with Gasteiger partial charge in [-0.1, -0.05) is 0 Å². The van der Waals surface area contributed by atoms with E-state index in [1.807, 2.05) is 4.90 Å². The Morgan fingerprint density at radius 1 is 1.11 bits per heavy atom. The lowest BCUT2D eigenvalue weighted by Gasteiger charge is -2.34. The molecule has 0 saturated carbocycles. The van der Waals surface area contributed by atoms with Gasteiger partial charge in [-0.05, 0) is 36.4 Å². The molecule has 0 radical (unpaired) electrons. The molecule has 0 aliphatic carbocycles. The Labute approximate surface area is 156 Å². The number of halogens is 1. The lowest BCUT2D eigenvalue weighted by Crippen LogP contribution is -2.52. The molecule has 1 aliphatic rings. The number of amides is 2. The van der Waals surface area contributed by atoms with Crippen LogP contribution in [0.2, 0.25) is 0 Å². The Kier molecular flexibility index (Phi) is 6.43. The molecule has 1 N–H and O–H groups in total. The zero-order chi connectivity index (χ0) is 19.1. The molecule has 0 bridgehead atoms.